The van der Waals surface area contributed by atoms with E-state index in [1.807, 2.05) is 0 Å². The Balaban J connectivity index is 2.12. The van der Waals surface area contributed by atoms with Gasteiger partial charge in [-0.3, -0.25) is 4.90 Å². The molecule has 17 heavy (non-hydrogen) atoms. The fourth-order valence-electron chi connectivity index (χ4n) is 2.88. The summed E-state index contributed by atoms with van der Waals surface area (Å²) < 4.78 is 0. The van der Waals surface area contributed by atoms with Gasteiger partial charge in [0.1, 0.15) is 0 Å². The van der Waals surface area contributed by atoms with E-state index in [-0.39, 0.29) is 5.54 Å². The topological polar surface area (TPSA) is 3.24 Å². The molecule has 1 heteroatoms. The van der Waals surface area contributed by atoms with Gasteiger partial charge in [0.15, 0.2) is 0 Å². The van der Waals surface area contributed by atoms with E-state index in [0.717, 1.165) is 0 Å². The van der Waals surface area contributed by atoms with E-state index < -0.39 is 0 Å². The van der Waals surface area contributed by atoms with Crippen LogP contribution in [0.1, 0.15) is 17.5 Å². The first-order valence-corrected chi connectivity index (χ1v) is 6.16. The van der Waals surface area contributed by atoms with Crippen LogP contribution in [0.25, 0.3) is 0 Å². The van der Waals surface area contributed by atoms with Crippen LogP contribution in [-0.4, -0.2) is 18.5 Å². The number of benzene rings is 2. The largest absolute Gasteiger partial charge is 0.293 e. The smallest absolute Gasteiger partial charge is 0.0725 e. The molecule has 0 saturated carbocycles. The Morgan fingerprint density at radius 2 is 1.29 bits per heavy atom. The standard InChI is InChI=1S/C16H17N/c1-17-13-12-16(17,14-8-4-2-5-9-14)15-10-6-3-7-11-15/h2-11H,12-13H2,1H3. The normalized spacial score (nSPS) is 18.6. The van der Waals surface area contributed by atoms with Crippen molar-refractivity contribution in [3.05, 3.63) is 71.8 Å². The van der Waals surface area contributed by atoms with Gasteiger partial charge < -0.3 is 0 Å². The summed E-state index contributed by atoms with van der Waals surface area (Å²) in [5.41, 5.74) is 2.91. The molecular weight excluding hydrogens is 206 g/mol. The molecule has 1 fully saturated rings. The highest BCUT2D eigenvalue weighted by atomic mass is 15.2. The lowest BCUT2D eigenvalue weighted by atomic mass is 9.73. The summed E-state index contributed by atoms with van der Waals surface area (Å²) in [6.45, 7) is 1.17. The molecular formula is C16H17N. The highest BCUT2D eigenvalue weighted by Crippen LogP contribution is 2.44. The molecule has 2 aromatic carbocycles. The van der Waals surface area contributed by atoms with E-state index in [9.17, 15) is 0 Å². The van der Waals surface area contributed by atoms with Crippen molar-refractivity contribution in [1.29, 1.82) is 0 Å². The Kier molecular flexibility index (Phi) is 2.49. The first-order chi connectivity index (χ1) is 8.34. The average Bonchev–Trinajstić information content (AvgIpc) is 2.40. The molecule has 0 bridgehead atoms. The van der Waals surface area contributed by atoms with Crippen LogP contribution < -0.4 is 0 Å². The monoisotopic (exact) mass is 223 g/mol. The summed E-state index contributed by atoms with van der Waals surface area (Å²) in [5.74, 6) is 0. The maximum Gasteiger partial charge on any atom is 0.0725 e. The molecule has 0 aliphatic carbocycles. The molecule has 0 spiro atoms. The third kappa shape index (κ3) is 1.50. The number of hydrogen-bond acceptors (Lipinski definition) is 1. The molecule has 1 heterocycles. The molecule has 0 atom stereocenters. The van der Waals surface area contributed by atoms with E-state index >= 15 is 0 Å². The Morgan fingerprint density at radius 1 is 0.824 bits per heavy atom. The molecule has 3 rings (SSSR count). The Morgan fingerprint density at radius 3 is 1.59 bits per heavy atom. The highest BCUT2D eigenvalue weighted by Gasteiger charge is 2.44. The summed E-state index contributed by atoms with van der Waals surface area (Å²) in [4.78, 5) is 2.44. The van der Waals surface area contributed by atoms with Crippen molar-refractivity contribution in [3.63, 3.8) is 0 Å². The zero-order valence-electron chi connectivity index (χ0n) is 10.1. The summed E-state index contributed by atoms with van der Waals surface area (Å²) in [6.07, 6.45) is 1.21. The zero-order valence-corrected chi connectivity index (χ0v) is 10.1. The van der Waals surface area contributed by atoms with E-state index in [1.54, 1.807) is 0 Å². The second-order valence-corrected chi connectivity index (χ2v) is 4.76. The van der Waals surface area contributed by atoms with Crippen LogP contribution in [0, 0.1) is 0 Å². The van der Waals surface area contributed by atoms with Crippen LogP contribution in [0.4, 0.5) is 0 Å². The third-order valence-electron chi connectivity index (χ3n) is 3.96. The maximum absolute atomic E-state index is 2.44. The molecule has 0 N–H and O–H groups in total. The molecule has 1 saturated heterocycles. The number of nitrogens with zero attached hydrogens (tertiary/aromatic N) is 1. The van der Waals surface area contributed by atoms with Crippen molar-refractivity contribution in [2.75, 3.05) is 13.6 Å². The van der Waals surface area contributed by atoms with Gasteiger partial charge in [-0.1, -0.05) is 60.7 Å². The van der Waals surface area contributed by atoms with Crippen LogP contribution >= 0.6 is 0 Å². The van der Waals surface area contributed by atoms with Gasteiger partial charge in [0.05, 0.1) is 5.54 Å². The predicted octanol–water partition coefficient (Wildman–Crippen LogP) is 3.27. The molecule has 86 valence electrons. The van der Waals surface area contributed by atoms with Gasteiger partial charge in [0.2, 0.25) is 0 Å². The fourth-order valence-corrected chi connectivity index (χ4v) is 2.88. The van der Waals surface area contributed by atoms with Gasteiger partial charge in [-0.25, -0.2) is 0 Å². The molecule has 2 aromatic rings. The first kappa shape index (κ1) is 10.5. The van der Waals surface area contributed by atoms with Crippen molar-refractivity contribution in [1.82, 2.24) is 4.90 Å². The van der Waals surface area contributed by atoms with Gasteiger partial charge in [-0.05, 0) is 24.6 Å². The van der Waals surface area contributed by atoms with E-state index in [0.29, 0.717) is 0 Å². The minimum atomic E-state index is 0.0997. The van der Waals surface area contributed by atoms with Crippen LogP contribution in [0.3, 0.4) is 0 Å². The van der Waals surface area contributed by atoms with Crippen molar-refractivity contribution < 1.29 is 0 Å². The zero-order chi connectivity index (χ0) is 11.7. The van der Waals surface area contributed by atoms with Gasteiger partial charge in [0.25, 0.3) is 0 Å². The third-order valence-corrected chi connectivity index (χ3v) is 3.96. The molecule has 0 amide bonds. The Hall–Kier alpha value is -1.60. The van der Waals surface area contributed by atoms with Gasteiger partial charge >= 0.3 is 0 Å². The van der Waals surface area contributed by atoms with E-state index in [4.69, 9.17) is 0 Å². The summed E-state index contributed by atoms with van der Waals surface area (Å²) in [6, 6.07) is 21.6. The van der Waals surface area contributed by atoms with E-state index in [1.165, 1.54) is 24.1 Å². The number of likely N-dealkylation sites (tertiary alicyclic amines) is 1. The van der Waals surface area contributed by atoms with Crippen molar-refractivity contribution in [3.8, 4) is 0 Å². The molecule has 1 aliphatic heterocycles. The van der Waals surface area contributed by atoms with Gasteiger partial charge in [0, 0.05) is 6.54 Å². The molecule has 0 unspecified atom stereocenters. The van der Waals surface area contributed by atoms with Crippen LogP contribution in [0.5, 0.6) is 0 Å². The van der Waals surface area contributed by atoms with Crippen molar-refractivity contribution >= 4 is 0 Å². The molecule has 0 aromatic heterocycles. The van der Waals surface area contributed by atoms with Gasteiger partial charge in [-0.15, -0.1) is 0 Å². The molecule has 1 aliphatic rings. The lowest BCUT2D eigenvalue weighted by molar-refractivity contribution is 0.0447. The van der Waals surface area contributed by atoms with Crippen molar-refractivity contribution in [2.45, 2.75) is 12.0 Å². The fraction of sp³-hybridized carbons (Fsp3) is 0.250. The lowest BCUT2D eigenvalue weighted by Crippen LogP contribution is -2.55. The second-order valence-electron chi connectivity index (χ2n) is 4.76. The highest BCUT2D eigenvalue weighted by molar-refractivity contribution is 5.40. The summed E-state index contributed by atoms with van der Waals surface area (Å²) >= 11 is 0. The predicted molar refractivity (Wildman–Crippen MR) is 70.9 cm³/mol. The number of hydrogen-bond donors (Lipinski definition) is 0. The maximum atomic E-state index is 2.44. The first-order valence-electron chi connectivity index (χ1n) is 6.16. The van der Waals surface area contributed by atoms with E-state index in [2.05, 4.69) is 72.6 Å². The van der Waals surface area contributed by atoms with Crippen LogP contribution in [0.15, 0.2) is 60.7 Å². The molecule has 1 nitrogen and oxygen atoms in total. The SMILES string of the molecule is CN1CCC1(c1ccccc1)c1ccccc1. The summed E-state index contributed by atoms with van der Waals surface area (Å²) in [7, 11) is 2.21. The molecule has 0 radical (unpaired) electrons. The van der Waals surface area contributed by atoms with Crippen LogP contribution in [-0.2, 0) is 5.54 Å². The quantitative estimate of drug-likeness (QED) is 0.755. The average molecular weight is 223 g/mol. The Labute approximate surface area is 103 Å². The minimum absolute atomic E-state index is 0.0997. The number of rotatable bonds is 2. The lowest BCUT2D eigenvalue weighted by Gasteiger charge is -2.52. The van der Waals surface area contributed by atoms with Gasteiger partial charge in [-0.2, -0.15) is 0 Å². The van der Waals surface area contributed by atoms with Crippen molar-refractivity contribution in [2.24, 2.45) is 0 Å². The van der Waals surface area contributed by atoms with Crippen LogP contribution in [0.2, 0.25) is 0 Å². The minimum Gasteiger partial charge on any atom is -0.293 e. The summed E-state index contributed by atoms with van der Waals surface area (Å²) in [5, 5.41) is 0. The second kappa shape index (κ2) is 4.01. The Bertz CT molecular complexity index is 450.